The highest BCUT2D eigenvalue weighted by molar-refractivity contribution is 5.87. The van der Waals surface area contributed by atoms with Crippen molar-refractivity contribution < 1.29 is 24.5 Å². The maximum Gasteiger partial charge on any atom is 0.335 e. The third kappa shape index (κ3) is 3.73. The Morgan fingerprint density at radius 2 is 2.00 bits per heavy atom. The summed E-state index contributed by atoms with van der Waals surface area (Å²) < 4.78 is 13.6. The number of rotatable bonds is 7. The molecule has 0 aliphatic carbocycles. The minimum Gasteiger partial charge on any atom is -0.478 e. The molecule has 0 unspecified atom stereocenters. The summed E-state index contributed by atoms with van der Waals surface area (Å²) in [5, 5.41) is 30.2. The van der Waals surface area contributed by atoms with Crippen LogP contribution in [0, 0.1) is 5.82 Å². The van der Waals surface area contributed by atoms with Crippen LogP contribution >= 0.6 is 0 Å². The summed E-state index contributed by atoms with van der Waals surface area (Å²) in [6.07, 6.45) is 0.459. The van der Waals surface area contributed by atoms with Gasteiger partial charge in [0.25, 0.3) is 0 Å². The molecule has 4 N–H and O–H groups in total. The maximum absolute atomic E-state index is 13.6. The summed E-state index contributed by atoms with van der Waals surface area (Å²) in [6, 6.07) is 3.51. The minimum atomic E-state index is -1.13. The quantitative estimate of drug-likeness (QED) is 0.587. The van der Waals surface area contributed by atoms with Crippen LogP contribution in [0.3, 0.4) is 0 Å². The minimum absolute atomic E-state index is 0.00621. The largest absolute Gasteiger partial charge is 0.478 e. The molecule has 0 atom stereocenters. The fraction of sp³-hybridized carbons (Fsp3) is 0.462. The molecule has 0 aliphatic rings. The lowest BCUT2D eigenvalue weighted by Crippen LogP contribution is -2.50. The first-order valence-corrected chi connectivity index (χ1v) is 5.96. The topological polar surface area (TPSA) is 89.8 Å². The van der Waals surface area contributed by atoms with E-state index in [1.165, 1.54) is 12.1 Å². The van der Waals surface area contributed by atoms with E-state index < -0.39 is 17.3 Å². The van der Waals surface area contributed by atoms with Gasteiger partial charge in [-0.2, -0.15) is 0 Å². The lowest BCUT2D eigenvalue weighted by molar-refractivity contribution is 0.0696. The second-order valence-electron chi connectivity index (χ2n) is 4.42. The van der Waals surface area contributed by atoms with Gasteiger partial charge in [0.15, 0.2) is 0 Å². The van der Waals surface area contributed by atoms with Crippen molar-refractivity contribution in [2.75, 3.05) is 13.2 Å². The monoisotopic (exact) mass is 271 g/mol. The first-order valence-electron chi connectivity index (χ1n) is 5.96. The fourth-order valence-corrected chi connectivity index (χ4v) is 1.64. The van der Waals surface area contributed by atoms with Crippen molar-refractivity contribution in [3.05, 3.63) is 35.1 Å². The van der Waals surface area contributed by atoms with E-state index in [9.17, 15) is 19.4 Å². The summed E-state index contributed by atoms with van der Waals surface area (Å²) in [4.78, 5) is 10.8. The number of carbonyl (C=O) groups is 1. The number of nitrogens with one attached hydrogen (secondary N) is 1. The summed E-state index contributed by atoms with van der Waals surface area (Å²) in [7, 11) is 0. The van der Waals surface area contributed by atoms with Gasteiger partial charge in [-0.15, -0.1) is 0 Å². The van der Waals surface area contributed by atoms with Gasteiger partial charge >= 0.3 is 5.97 Å². The summed E-state index contributed by atoms with van der Waals surface area (Å²) in [6.45, 7) is 1.23. The van der Waals surface area contributed by atoms with Gasteiger partial charge in [0.1, 0.15) is 5.82 Å². The van der Waals surface area contributed by atoms with Gasteiger partial charge in [-0.3, -0.25) is 0 Å². The van der Waals surface area contributed by atoms with Crippen LogP contribution < -0.4 is 5.32 Å². The number of aromatic carboxylic acids is 1. The molecule has 19 heavy (non-hydrogen) atoms. The van der Waals surface area contributed by atoms with Crippen LogP contribution in [0.5, 0.6) is 0 Å². The first kappa shape index (κ1) is 15.6. The molecule has 0 saturated carbocycles. The highest BCUT2D eigenvalue weighted by Gasteiger charge is 2.26. The zero-order valence-electron chi connectivity index (χ0n) is 10.7. The predicted octanol–water partition coefficient (Wildman–Crippen LogP) is 0.747. The van der Waals surface area contributed by atoms with E-state index in [0.717, 1.165) is 6.07 Å². The molecular weight excluding hydrogens is 253 g/mol. The Morgan fingerprint density at radius 3 is 2.47 bits per heavy atom. The lowest BCUT2D eigenvalue weighted by atomic mass is 9.98. The Kier molecular flexibility index (Phi) is 5.41. The van der Waals surface area contributed by atoms with Crippen molar-refractivity contribution in [3.8, 4) is 0 Å². The van der Waals surface area contributed by atoms with E-state index in [-0.39, 0.29) is 30.9 Å². The van der Waals surface area contributed by atoms with Gasteiger partial charge in [0.05, 0.1) is 24.3 Å². The molecular formula is C13H18FNO4. The Balaban J connectivity index is 2.87. The molecule has 1 aromatic carbocycles. The first-order chi connectivity index (χ1) is 8.98. The summed E-state index contributed by atoms with van der Waals surface area (Å²) in [5.41, 5.74) is -0.723. The number of aliphatic hydroxyl groups excluding tert-OH is 2. The highest BCUT2D eigenvalue weighted by Crippen LogP contribution is 2.14. The molecule has 1 aromatic rings. The molecule has 0 amide bonds. The molecule has 5 nitrogen and oxygen atoms in total. The number of aliphatic hydroxyl groups is 2. The van der Waals surface area contributed by atoms with E-state index in [0.29, 0.717) is 6.42 Å². The standard InChI is InChI=1S/C13H18FNO4/c1-2-13(7-16,8-17)15-6-10-5-9(12(18)19)3-4-11(10)14/h3-5,15-17H,2,6-8H2,1H3,(H,18,19). The molecule has 0 bridgehead atoms. The number of carboxylic acid groups (broad SMARTS) is 1. The molecule has 0 fully saturated rings. The molecule has 0 radical (unpaired) electrons. The van der Waals surface area contributed by atoms with E-state index in [4.69, 9.17) is 5.11 Å². The normalized spacial score (nSPS) is 11.6. The van der Waals surface area contributed by atoms with Crippen molar-refractivity contribution in [2.24, 2.45) is 0 Å². The van der Waals surface area contributed by atoms with Crippen LogP contribution in [-0.4, -0.2) is 40.0 Å². The SMILES string of the molecule is CCC(CO)(CO)NCc1cc(C(=O)O)ccc1F. The Hall–Kier alpha value is -1.50. The molecule has 0 heterocycles. The number of halogens is 1. The van der Waals surface area contributed by atoms with Crippen LogP contribution in [0.2, 0.25) is 0 Å². The van der Waals surface area contributed by atoms with Crippen molar-refractivity contribution >= 4 is 5.97 Å². The van der Waals surface area contributed by atoms with Gasteiger partial charge in [-0.25, -0.2) is 9.18 Å². The average molecular weight is 271 g/mol. The third-order valence-corrected chi connectivity index (χ3v) is 3.23. The van der Waals surface area contributed by atoms with Crippen LogP contribution in [0.1, 0.15) is 29.3 Å². The van der Waals surface area contributed by atoms with Gasteiger partial charge in [0, 0.05) is 12.1 Å². The Bertz CT molecular complexity index is 438. The van der Waals surface area contributed by atoms with E-state index in [1.807, 2.05) is 0 Å². The lowest BCUT2D eigenvalue weighted by Gasteiger charge is -2.30. The van der Waals surface area contributed by atoms with Crippen LogP contribution in [0.4, 0.5) is 4.39 Å². The molecule has 0 saturated heterocycles. The van der Waals surface area contributed by atoms with Gasteiger partial charge in [-0.1, -0.05) is 6.92 Å². The van der Waals surface area contributed by atoms with Gasteiger partial charge < -0.3 is 20.6 Å². The molecule has 1 rings (SSSR count). The van der Waals surface area contributed by atoms with Gasteiger partial charge in [0.2, 0.25) is 0 Å². The smallest absolute Gasteiger partial charge is 0.335 e. The summed E-state index contributed by atoms with van der Waals surface area (Å²) >= 11 is 0. The number of benzene rings is 1. The highest BCUT2D eigenvalue weighted by atomic mass is 19.1. The molecule has 0 spiro atoms. The Labute approximate surface area is 110 Å². The van der Waals surface area contributed by atoms with Crippen molar-refractivity contribution in [2.45, 2.75) is 25.4 Å². The molecule has 6 heteroatoms. The number of hydrogen-bond donors (Lipinski definition) is 4. The number of hydrogen-bond acceptors (Lipinski definition) is 4. The van der Waals surface area contributed by atoms with E-state index in [2.05, 4.69) is 5.32 Å². The van der Waals surface area contributed by atoms with Crippen LogP contribution in [0.25, 0.3) is 0 Å². The molecule has 0 aromatic heterocycles. The number of carboxylic acids is 1. The zero-order valence-corrected chi connectivity index (χ0v) is 10.7. The average Bonchev–Trinajstić information content (AvgIpc) is 2.42. The second kappa shape index (κ2) is 6.60. The van der Waals surface area contributed by atoms with Gasteiger partial charge in [-0.05, 0) is 24.6 Å². The fourth-order valence-electron chi connectivity index (χ4n) is 1.64. The zero-order chi connectivity index (χ0) is 14.5. The van der Waals surface area contributed by atoms with E-state index in [1.54, 1.807) is 6.92 Å². The van der Waals surface area contributed by atoms with E-state index >= 15 is 0 Å². The predicted molar refractivity (Wildman–Crippen MR) is 67.4 cm³/mol. The maximum atomic E-state index is 13.6. The van der Waals surface area contributed by atoms with Crippen LogP contribution in [-0.2, 0) is 6.54 Å². The summed E-state index contributed by atoms with van der Waals surface area (Å²) in [5.74, 6) is -1.66. The van der Waals surface area contributed by atoms with Crippen molar-refractivity contribution in [1.29, 1.82) is 0 Å². The molecule has 0 aliphatic heterocycles. The third-order valence-electron chi connectivity index (χ3n) is 3.23. The second-order valence-corrected chi connectivity index (χ2v) is 4.42. The van der Waals surface area contributed by atoms with Crippen LogP contribution in [0.15, 0.2) is 18.2 Å². The van der Waals surface area contributed by atoms with Crippen molar-refractivity contribution in [3.63, 3.8) is 0 Å². The Morgan fingerprint density at radius 1 is 1.37 bits per heavy atom. The molecule has 106 valence electrons. The van der Waals surface area contributed by atoms with Crippen molar-refractivity contribution in [1.82, 2.24) is 5.32 Å².